The Balaban J connectivity index is 3.21. The molecule has 0 bridgehead atoms. The van der Waals surface area contributed by atoms with E-state index in [1.54, 1.807) is 0 Å². The predicted octanol–water partition coefficient (Wildman–Crippen LogP) is 2.40. The average Bonchev–Trinajstić information content (AvgIpc) is 2.86. The van der Waals surface area contributed by atoms with E-state index in [-0.39, 0.29) is 6.54 Å². The fourth-order valence-corrected chi connectivity index (χ4v) is 1.95. The molecule has 11 heteroatoms. The maximum Gasteiger partial charge on any atom is 0.572 e. The highest BCUT2D eigenvalue weighted by Gasteiger charge is 2.67. The van der Waals surface area contributed by atoms with Gasteiger partial charge >= 0.3 is 12.5 Å². The molecule has 0 aromatic carbocycles. The lowest BCUT2D eigenvalue weighted by molar-refractivity contribution is -0.308. The Kier molecular flexibility index (Phi) is 4.80. The Labute approximate surface area is 122 Å². The summed E-state index contributed by atoms with van der Waals surface area (Å²) < 4.78 is 79.8. The van der Waals surface area contributed by atoms with Crippen molar-refractivity contribution in [3.05, 3.63) is 12.0 Å². The van der Waals surface area contributed by atoms with Gasteiger partial charge in [0.25, 0.3) is 0 Å². The van der Waals surface area contributed by atoms with E-state index in [1.807, 2.05) is 0 Å². The van der Waals surface area contributed by atoms with Gasteiger partial charge in [-0.1, -0.05) is 0 Å². The molecular formula is C11H14F6N4O. The Morgan fingerprint density at radius 1 is 1.36 bits per heavy atom. The summed E-state index contributed by atoms with van der Waals surface area (Å²) in [5.41, 5.74) is 3.64. The van der Waals surface area contributed by atoms with Crippen LogP contribution in [0.25, 0.3) is 0 Å². The number of aliphatic imine (C=N–C) groups is 2. The average molecular weight is 332 g/mol. The first-order chi connectivity index (χ1) is 9.89. The summed E-state index contributed by atoms with van der Waals surface area (Å²) in [7, 11) is 0. The lowest BCUT2D eigenvalue weighted by Gasteiger charge is -2.20. The van der Waals surface area contributed by atoms with Gasteiger partial charge in [-0.25, -0.2) is 0 Å². The van der Waals surface area contributed by atoms with Gasteiger partial charge in [-0.3, -0.25) is 9.98 Å². The smallest absolute Gasteiger partial charge is 0.406 e. The first-order valence-electron chi connectivity index (χ1n) is 5.98. The molecule has 0 amide bonds. The SMILES string of the molecule is C=N/C=C(/OC(F)(F)F)[C@@]1(C)C(N)N1C(=NCC)C(F)(F)F. The quantitative estimate of drug-likeness (QED) is 0.283. The lowest BCUT2D eigenvalue weighted by Crippen LogP contribution is -2.36. The van der Waals surface area contributed by atoms with E-state index in [4.69, 9.17) is 5.73 Å². The molecule has 126 valence electrons. The number of hydrogen-bond donors (Lipinski definition) is 1. The summed E-state index contributed by atoms with van der Waals surface area (Å²) in [6.07, 6.45) is -10.8. The molecule has 2 N–H and O–H groups in total. The third-order valence-electron chi connectivity index (χ3n) is 3.01. The number of amidine groups is 1. The van der Waals surface area contributed by atoms with Crippen molar-refractivity contribution < 1.29 is 31.1 Å². The monoisotopic (exact) mass is 332 g/mol. The second-order valence-corrected chi connectivity index (χ2v) is 4.48. The zero-order chi connectivity index (χ0) is 17.3. The summed E-state index contributed by atoms with van der Waals surface area (Å²) in [5.74, 6) is -2.26. The Bertz CT molecular complexity index is 498. The van der Waals surface area contributed by atoms with E-state index >= 15 is 0 Å². The van der Waals surface area contributed by atoms with Crippen molar-refractivity contribution in [2.75, 3.05) is 6.54 Å². The molecule has 1 unspecified atom stereocenters. The first kappa shape index (κ1) is 18.3. The fourth-order valence-electron chi connectivity index (χ4n) is 1.95. The Hall–Kier alpha value is -1.78. The minimum atomic E-state index is -5.10. The predicted molar refractivity (Wildman–Crippen MR) is 67.0 cm³/mol. The lowest BCUT2D eigenvalue weighted by atomic mass is 10.1. The summed E-state index contributed by atoms with van der Waals surface area (Å²) in [6, 6.07) is 0. The third kappa shape index (κ3) is 3.51. The van der Waals surface area contributed by atoms with E-state index in [9.17, 15) is 26.3 Å². The highest BCUT2D eigenvalue weighted by molar-refractivity contribution is 5.91. The van der Waals surface area contributed by atoms with Gasteiger partial charge in [-0.2, -0.15) is 13.2 Å². The first-order valence-corrected chi connectivity index (χ1v) is 5.98. The van der Waals surface area contributed by atoms with Crippen molar-refractivity contribution in [2.24, 2.45) is 15.7 Å². The molecule has 0 saturated carbocycles. The number of hydrogen-bond acceptors (Lipinski definition) is 4. The standard InChI is InChI=1S/C11H14F6N4O/c1-4-20-8(10(12,13)14)21-7(18)9(21,2)6(5-19-3)22-11(15,16)17/h5,7H,3-4,18H2,1-2H3/b6-5+,20-8?/t7?,9-,21?/m0/s1. The van der Waals surface area contributed by atoms with Crippen LogP contribution in [0.3, 0.4) is 0 Å². The van der Waals surface area contributed by atoms with Gasteiger partial charge in [0.05, 0.1) is 6.20 Å². The molecule has 1 rings (SSSR count). The van der Waals surface area contributed by atoms with Gasteiger partial charge < -0.3 is 15.4 Å². The summed E-state index contributed by atoms with van der Waals surface area (Å²) >= 11 is 0. The molecule has 0 spiro atoms. The number of ether oxygens (including phenoxy) is 1. The van der Waals surface area contributed by atoms with Crippen LogP contribution in [-0.4, -0.2) is 48.2 Å². The van der Waals surface area contributed by atoms with Gasteiger partial charge in [0, 0.05) is 6.54 Å². The van der Waals surface area contributed by atoms with Gasteiger partial charge in [0.15, 0.2) is 5.76 Å². The van der Waals surface area contributed by atoms with E-state index in [0.29, 0.717) is 11.1 Å². The molecule has 0 radical (unpaired) electrons. The molecule has 1 heterocycles. The van der Waals surface area contributed by atoms with Crippen molar-refractivity contribution in [3.63, 3.8) is 0 Å². The minimum absolute atomic E-state index is 0.215. The molecule has 2 atom stereocenters. The van der Waals surface area contributed by atoms with Crippen molar-refractivity contribution in [3.8, 4) is 0 Å². The van der Waals surface area contributed by atoms with Crippen LogP contribution < -0.4 is 5.73 Å². The molecule has 1 aliphatic heterocycles. The number of rotatable bonds is 4. The van der Waals surface area contributed by atoms with Crippen LogP contribution in [0.15, 0.2) is 21.9 Å². The molecule has 0 aliphatic carbocycles. The molecule has 1 saturated heterocycles. The molecule has 0 aromatic rings. The van der Waals surface area contributed by atoms with Crippen LogP contribution in [0.5, 0.6) is 0 Å². The summed E-state index contributed by atoms with van der Waals surface area (Å²) in [6.45, 7) is 5.17. The van der Waals surface area contributed by atoms with E-state index in [2.05, 4.69) is 21.4 Å². The Morgan fingerprint density at radius 2 is 1.91 bits per heavy atom. The van der Waals surface area contributed by atoms with Gasteiger partial charge in [0.2, 0.25) is 5.84 Å². The van der Waals surface area contributed by atoms with Gasteiger partial charge in [0.1, 0.15) is 11.7 Å². The maximum absolute atomic E-state index is 13.0. The van der Waals surface area contributed by atoms with Crippen LogP contribution in [-0.2, 0) is 4.74 Å². The van der Waals surface area contributed by atoms with Crippen molar-refractivity contribution >= 4 is 12.6 Å². The second kappa shape index (κ2) is 5.78. The van der Waals surface area contributed by atoms with Crippen molar-refractivity contribution in [1.82, 2.24) is 4.90 Å². The van der Waals surface area contributed by atoms with Crippen LogP contribution in [0.2, 0.25) is 0 Å². The van der Waals surface area contributed by atoms with E-state index in [0.717, 1.165) is 6.92 Å². The zero-order valence-electron chi connectivity index (χ0n) is 11.7. The Morgan fingerprint density at radius 3 is 2.27 bits per heavy atom. The molecule has 1 fully saturated rings. The fraction of sp³-hybridized carbons (Fsp3) is 0.636. The van der Waals surface area contributed by atoms with E-state index in [1.165, 1.54) is 6.92 Å². The topological polar surface area (TPSA) is 63.0 Å². The van der Waals surface area contributed by atoms with Crippen LogP contribution in [0, 0.1) is 0 Å². The molecule has 0 aromatic heterocycles. The molecule has 1 aliphatic rings. The van der Waals surface area contributed by atoms with Crippen LogP contribution in [0.4, 0.5) is 26.3 Å². The summed E-state index contributed by atoms with van der Waals surface area (Å²) in [5, 5.41) is 0. The summed E-state index contributed by atoms with van der Waals surface area (Å²) in [4.78, 5) is 6.89. The number of halogens is 6. The van der Waals surface area contributed by atoms with Crippen molar-refractivity contribution in [1.29, 1.82) is 0 Å². The zero-order valence-corrected chi connectivity index (χ0v) is 11.7. The molecule has 22 heavy (non-hydrogen) atoms. The van der Waals surface area contributed by atoms with Gasteiger partial charge in [-0.15, -0.1) is 13.2 Å². The highest BCUT2D eigenvalue weighted by Crippen LogP contribution is 2.48. The number of nitrogens with zero attached hydrogens (tertiary/aromatic N) is 3. The maximum atomic E-state index is 13.0. The van der Waals surface area contributed by atoms with Crippen molar-refractivity contribution in [2.45, 2.75) is 38.1 Å². The second-order valence-electron chi connectivity index (χ2n) is 4.48. The third-order valence-corrected chi connectivity index (χ3v) is 3.01. The largest absolute Gasteiger partial charge is 0.572 e. The normalized spacial score (nSPS) is 27.0. The molecular weight excluding hydrogens is 318 g/mol. The van der Waals surface area contributed by atoms with Gasteiger partial charge in [-0.05, 0) is 20.6 Å². The number of alkyl halides is 6. The van der Waals surface area contributed by atoms with Crippen LogP contribution >= 0.6 is 0 Å². The van der Waals surface area contributed by atoms with Crippen LogP contribution in [0.1, 0.15) is 13.8 Å². The minimum Gasteiger partial charge on any atom is -0.406 e. The van der Waals surface area contributed by atoms with E-state index < -0.39 is 35.8 Å². The molecule has 5 nitrogen and oxygen atoms in total. The highest BCUT2D eigenvalue weighted by atomic mass is 19.4. The number of nitrogens with two attached hydrogens (primary N) is 1.